The Hall–Kier alpha value is -2.70. The fourth-order valence-electron chi connectivity index (χ4n) is 2.18. The van der Waals surface area contributed by atoms with E-state index in [0.29, 0.717) is 25.3 Å². The van der Waals surface area contributed by atoms with Crippen LogP contribution in [0, 0.1) is 5.82 Å². The van der Waals surface area contributed by atoms with Crippen LogP contribution in [0.3, 0.4) is 0 Å². The second-order valence-corrected chi connectivity index (χ2v) is 4.85. The molecule has 1 saturated heterocycles. The van der Waals surface area contributed by atoms with Gasteiger partial charge in [-0.3, -0.25) is 4.79 Å². The van der Waals surface area contributed by atoms with Crippen LogP contribution in [-0.4, -0.2) is 40.0 Å². The van der Waals surface area contributed by atoms with Gasteiger partial charge in [-0.1, -0.05) is 0 Å². The lowest BCUT2D eigenvalue weighted by molar-refractivity contribution is -0.125. The number of halogens is 1. The third-order valence-electron chi connectivity index (χ3n) is 3.26. The first-order valence-corrected chi connectivity index (χ1v) is 6.85. The van der Waals surface area contributed by atoms with Gasteiger partial charge in [-0.25, -0.2) is 14.4 Å². The van der Waals surface area contributed by atoms with E-state index in [0.717, 1.165) is 12.4 Å². The predicted molar refractivity (Wildman–Crippen MR) is 75.3 cm³/mol. The van der Waals surface area contributed by atoms with E-state index < -0.39 is 5.82 Å². The molecule has 0 spiro atoms. The minimum Gasteiger partial charge on any atom is -0.465 e. The number of rotatable bonds is 4. The minimum atomic E-state index is -0.515. The molecule has 1 fully saturated rings. The van der Waals surface area contributed by atoms with Gasteiger partial charge in [0.05, 0.1) is 25.2 Å². The Kier molecular flexibility index (Phi) is 4.13. The molecule has 22 heavy (non-hydrogen) atoms. The molecule has 0 radical (unpaired) electrons. The Balaban J connectivity index is 1.53. The van der Waals surface area contributed by atoms with E-state index in [1.54, 1.807) is 29.4 Å². The summed E-state index contributed by atoms with van der Waals surface area (Å²) in [6.45, 7) is 1.04. The highest BCUT2D eigenvalue weighted by molar-refractivity contribution is 5.91. The SMILES string of the molecule is O=C(/C=C/c1ccco1)N1CC[C@H](Oc2ncc(F)cn2)C1. The number of amides is 1. The summed E-state index contributed by atoms with van der Waals surface area (Å²) in [4.78, 5) is 21.2. The summed E-state index contributed by atoms with van der Waals surface area (Å²) in [6.07, 6.45) is 7.23. The van der Waals surface area contributed by atoms with Gasteiger partial charge in [0.1, 0.15) is 11.9 Å². The summed E-state index contributed by atoms with van der Waals surface area (Å²) in [5, 5.41) is 0. The number of aromatic nitrogens is 2. The van der Waals surface area contributed by atoms with Gasteiger partial charge in [0.15, 0.2) is 5.82 Å². The Morgan fingerprint density at radius 2 is 2.27 bits per heavy atom. The number of carbonyl (C=O) groups is 1. The molecule has 3 heterocycles. The lowest BCUT2D eigenvalue weighted by atomic mass is 10.3. The molecule has 1 aliphatic heterocycles. The zero-order valence-corrected chi connectivity index (χ0v) is 11.7. The highest BCUT2D eigenvalue weighted by Gasteiger charge is 2.27. The summed E-state index contributed by atoms with van der Waals surface area (Å²) < 4.78 is 23.4. The highest BCUT2D eigenvalue weighted by atomic mass is 19.1. The van der Waals surface area contributed by atoms with Crippen LogP contribution in [0.1, 0.15) is 12.2 Å². The van der Waals surface area contributed by atoms with Crippen LogP contribution in [0.4, 0.5) is 4.39 Å². The van der Waals surface area contributed by atoms with Crippen LogP contribution in [0.15, 0.2) is 41.3 Å². The molecule has 1 atom stereocenters. The molecule has 0 N–H and O–H groups in total. The van der Waals surface area contributed by atoms with Gasteiger partial charge in [0.25, 0.3) is 0 Å². The number of likely N-dealkylation sites (tertiary alicyclic amines) is 1. The number of ether oxygens (including phenoxy) is 1. The molecule has 6 nitrogen and oxygen atoms in total. The van der Waals surface area contributed by atoms with E-state index in [4.69, 9.17) is 9.15 Å². The van der Waals surface area contributed by atoms with E-state index in [1.807, 2.05) is 0 Å². The molecule has 1 aliphatic rings. The third-order valence-corrected chi connectivity index (χ3v) is 3.26. The van der Waals surface area contributed by atoms with Crippen molar-refractivity contribution >= 4 is 12.0 Å². The topological polar surface area (TPSA) is 68.5 Å². The van der Waals surface area contributed by atoms with Gasteiger partial charge in [-0.05, 0) is 18.2 Å². The molecular weight excluding hydrogens is 289 g/mol. The first kappa shape index (κ1) is 14.2. The summed E-state index contributed by atoms with van der Waals surface area (Å²) in [5.41, 5.74) is 0. The van der Waals surface area contributed by atoms with E-state index in [2.05, 4.69) is 9.97 Å². The van der Waals surface area contributed by atoms with Crippen LogP contribution in [-0.2, 0) is 4.79 Å². The summed E-state index contributed by atoms with van der Waals surface area (Å²) >= 11 is 0. The van der Waals surface area contributed by atoms with E-state index in [9.17, 15) is 9.18 Å². The van der Waals surface area contributed by atoms with Crippen molar-refractivity contribution < 1.29 is 18.3 Å². The molecule has 2 aromatic rings. The Morgan fingerprint density at radius 1 is 1.45 bits per heavy atom. The quantitative estimate of drug-likeness (QED) is 0.807. The van der Waals surface area contributed by atoms with Crippen LogP contribution in [0.5, 0.6) is 6.01 Å². The zero-order valence-electron chi connectivity index (χ0n) is 11.7. The van der Waals surface area contributed by atoms with Gasteiger partial charge in [0, 0.05) is 19.0 Å². The van der Waals surface area contributed by atoms with Gasteiger partial charge < -0.3 is 14.1 Å². The van der Waals surface area contributed by atoms with Crippen LogP contribution in [0.2, 0.25) is 0 Å². The highest BCUT2D eigenvalue weighted by Crippen LogP contribution is 2.15. The number of hydrogen-bond donors (Lipinski definition) is 0. The Labute approximate surface area is 126 Å². The van der Waals surface area contributed by atoms with Crippen LogP contribution < -0.4 is 4.74 Å². The maximum absolute atomic E-state index is 12.7. The monoisotopic (exact) mass is 303 g/mol. The van der Waals surface area contributed by atoms with Crippen molar-refractivity contribution in [1.29, 1.82) is 0 Å². The summed E-state index contributed by atoms with van der Waals surface area (Å²) in [7, 11) is 0. The normalized spacial score (nSPS) is 18.0. The third kappa shape index (κ3) is 3.49. The van der Waals surface area contributed by atoms with Gasteiger partial charge >= 0.3 is 6.01 Å². The maximum atomic E-state index is 12.7. The van der Waals surface area contributed by atoms with E-state index >= 15 is 0 Å². The predicted octanol–water partition coefficient (Wildman–Crippen LogP) is 1.90. The first-order valence-electron chi connectivity index (χ1n) is 6.85. The fraction of sp³-hybridized carbons (Fsp3) is 0.267. The lowest BCUT2D eigenvalue weighted by Gasteiger charge is -2.14. The molecule has 114 valence electrons. The van der Waals surface area contributed by atoms with Crippen molar-refractivity contribution in [2.24, 2.45) is 0 Å². The molecule has 1 amide bonds. The molecule has 3 rings (SSSR count). The zero-order chi connectivity index (χ0) is 15.4. The van der Waals surface area contributed by atoms with Crippen molar-refractivity contribution in [1.82, 2.24) is 14.9 Å². The van der Waals surface area contributed by atoms with Gasteiger partial charge in [-0.15, -0.1) is 0 Å². The molecule has 0 aliphatic carbocycles. The second kappa shape index (κ2) is 6.38. The van der Waals surface area contributed by atoms with Crippen molar-refractivity contribution in [3.63, 3.8) is 0 Å². The summed E-state index contributed by atoms with van der Waals surface area (Å²) in [6, 6.07) is 3.64. The lowest BCUT2D eigenvalue weighted by Crippen LogP contribution is -2.29. The number of hydrogen-bond acceptors (Lipinski definition) is 5. The summed E-state index contributed by atoms with van der Waals surface area (Å²) in [5.74, 6) is 0.00113. The molecule has 0 saturated carbocycles. The Morgan fingerprint density at radius 3 is 3.00 bits per heavy atom. The van der Waals surface area contributed by atoms with Crippen molar-refractivity contribution in [3.05, 3.63) is 48.4 Å². The van der Waals surface area contributed by atoms with Gasteiger partial charge in [-0.2, -0.15) is 0 Å². The Bertz CT molecular complexity index is 655. The standard InChI is InChI=1S/C15H14FN3O3/c16-11-8-17-15(18-9-11)22-13-5-6-19(10-13)14(20)4-3-12-2-1-7-21-12/h1-4,7-9,13H,5-6,10H2/b4-3+/t13-/m0/s1. The fourth-order valence-corrected chi connectivity index (χ4v) is 2.18. The number of carbonyl (C=O) groups excluding carboxylic acids is 1. The van der Waals surface area contributed by atoms with Crippen molar-refractivity contribution in [2.45, 2.75) is 12.5 Å². The smallest absolute Gasteiger partial charge is 0.316 e. The van der Waals surface area contributed by atoms with Gasteiger partial charge in [0.2, 0.25) is 5.91 Å². The van der Waals surface area contributed by atoms with Crippen molar-refractivity contribution in [2.75, 3.05) is 13.1 Å². The van der Waals surface area contributed by atoms with E-state index in [-0.39, 0.29) is 18.0 Å². The average molecular weight is 303 g/mol. The average Bonchev–Trinajstić information content (AvgIpc) is 3.19. The van der Waals surface area contributed by atoms with E-state index in [1.165, 1.54) is 6.08 Å². The largest absolute Gasteiger partial charge is 0.465 e. The molecule has 7 heteroatoms. The second-order valence-electron chi connectivity index (χ2n) is 4.85. The maximum Gasteiger partial charge on any atom is 0.316 e. The van der Waals surface area contributed by atoms with Crippen LogP contribution in [0.25, 0.3) is 6.08 Å². The van der Waals surface area contributed by atoms with Crippen molar-refractivity contribution in [3.8, 4) is 6.01 Å². The molecule has 0 bridgehead atoms. The van der Waals surface area contributed by atoms with Crippen LogP contribution >= 0.6 is 0 Å². The number of furan rings is 1. The number of nitrogens with zero attached hydrogens (tertiary/aromatic N) is 3. The molecular formula is C15H14FN3O3. The molecule has 0 unspecified atom stereocenters. The molecule has 0 aromatic carbocycles. The first-order chi connectivity index (χ1) is 10.7. The minimum absolute atomic E-state index is 0.109. The molecule has 2 aromatic heterocycles.